The first kappa shape index (κ1) is 29.5. The van der Waals surface area contributed by atoms with Crippen molar-refractivity contribution in [3.05, 3.63) is 101 Å². The molecule has 0 aliphatic heterocycles. The van der Waals surface area contributed by atoms with Gasteiger partial charge in [0.25, 0.3) is 5.91 Å². The van der Waals surface area contributed by atoms with Crippen LogP contribution in [0, 0.1) is 0 Å². The molecule has 1 atom stereocenters. The number of carboxylic acid groups (broad SMARTS) is 1. The highest BCUT2D eigenvalue weighted by molar-refractivity contribution is 6.30. The molecule has 3 aromatic carbocycles. The van der Waals surface area contributed by atoms with Crippen molar-refractivity contribution < 1.29 is 45.8 Å². The molecule has 1 aromatic heterocycles. The Morgan fingerprint density at radius 1 is 0.902 bits per heavy atom. The molecule has 4 rings (SSSR count). The van der Waals surface area contributed by atoms with Gasteiger partial charge in [-0.25, -0.2) is 4.68 Å². The predicted molar refractivity (Wildman–Crippen MR) is 135 cm³/mol. The number of carbonyl (C=O) groups is 2. The van der Waals surface area contributed by atoms with Gasteiger partial charge in [0, 0.05) is 5.02 Å². The number of aliphatic carboxylic acids is 1. The lowest BCUT2D eigenvalue weighted by atomic mass is 9.98. The van der Waals surface area contributed by atoms with Crippen LogP contribution < -0.4 is 10.1 Å². The first-order chi connectivity index (χ1) is 19.2. The topological polar surface area (TPSA) is 93.5 Å². The summed E-state index contributed by atoms with van der Waals surface area (Å²) in [5.74, 6) is -2.94. The average Bonchev–Trinajstić information content (AvgIpc) is 3.34. The number of ether oxygens (including phenoxy) is 1. The maximum Gasteiger partial charge on any atom is 0.573 e. The second-order valence-corrected chi connectivity index (χ2v) is 9.05. The third-order valence-corrected chi connectivity index (χ3v) is 6.02. The smallest absolute Gasteiger partial charge is 0.481 e. The molecule has 14 heteroatoms. The third kappa shape index (κ3) is 7.37. The van der Waals surface area contributed by atoms with Crippen molar-refractivity contribution in [2.45, 2.75) is 25.0 Å². The van der Waals surface area contributed by atoms with Crippen LogP contribution in [-0.4, -0.2) is 33.1 Å². The molecule has 214 valence electrons. The molecular formula is C27H18ClF6N3O4. The molecule has 0 spiro atoms. The van der Waals surface area contributed by atoms with Crippen molar-refractivity contribution in [2.75, 3.05) is 0 Å². The SMILES string of the molecule is O=C(O)CC(NC(=O)c1cnn(-c2ccc(Cl)cc2)c1C(F)(F)F)c1ccc(-c2ccc(OC(F)(F)F)cc2)cc1. The maximum absolute atomic E-state index is 14.0. The monoisotopic (exact) mass is 597 g/mol. The van der Waals surface area contributed by atoms with Crippen LogP contribution in [0.3, 0.4) is 0 Å². The van der Waals surface area contributed by atoms with E-state index < -0.39 is 53.9 Å². The second-order valence-electron chi connectivity index (χ2n) is 8.61. The van der Waals surface area contributed by atoms with Crippen molar-refractivity contribution in [3.8, 4) is 22.6 Å². The van der Waals surface area contributed by atoms with Crippen LogP contribution in [0.5, 0.6) is 5.75 Å². The van der Waals surface area contributed by atoms with Crippen LogP contribution in [0.1, 0.15) is 34.1 Å². The minimum atomic E-state index is -4.99. The lowest BCUT2D eigenvalue weighted by Gasteiger charge is -2.19. The standard InChI is InChI=1S/C27H18ClF6N3O4/c28-18-7-9-19(10-8-18)37-24(26(29,30)31)21(14-35-37)25(40)36-22(13-23(38)39)17-3-1-15(2-4-17)16-5-11-20(12-6-16)41-27(32,33)34/h1-12,14,22H,13H2,(H,36,40)(H,38,39). The van der Waals surface area contributed by atoms with Crippen molar-refractivity contribution in [3.63, 3.8) is 0 Å². The van der Waals surface area contributed by atoms with E-state index in [0.717, 1.165) is 18.3 Å². The fraction of sp³-hybridized carbons (Fsp3) is 0.148. The van der Waals surface area contributed by atoms with E-state index in [-0.39, 0.29) is 16.3 Å². The van der Waals surface area contributed by atoms with Gasteiger partial charge >= 0.3 is 18.5 Å². The summed E-state index contributed by atoms with van der Waals surface area (Å²) < 4.78 is 83.6. The van der Waals surface area contributed by atoms with E-state index in [2.05, 4.69) is 15.2 Å². The van der Waals surface area contributed by atoms with Crippen LogP contribution in [-0.2, 0) is 11.0 Å². The first-order valence-electron chi connectivity index (χ1n) is 11.6. The Kier molecular flexibility index (Phi) is 8.29. The summed E-state index contributed by atoms with van der Waals surface area (Å²) in [7, 11) is 0. The maximum atomic E-state index is 14.0. The van der Waals surface area contributed by atoms with E-state index in [1.807, 2.05) is 0 Å². The lowest BCUT2D eigenvalue weighted by molar-refractivity contribution is -0.274. The fourth-order valence-electron chi connectivity index (χ4n) is 3.99. The van der Waals surface area contributed by atoms with E-state index in [4.69, 9.17) is 11.6 Å². The molecule has 1 heterocycles. The zero-order valence-electron chi connectivity index (χ0n) is 20.5. The zero-order valence-corrected chi connectivity index (χ0v) is 21.3. The molecule has 0 bridgehead atoms. The minimum Gasteiger partial charge on any atom is -0.481 e. The second kappa shape index (κ2) is 11.5. The first-order valence-corrected chi connectivity index (χ1v) is 12.0. The molecular weight excluding hydrogens is 580 g/mol. The van der Waals surface area contributed by atoms with E-state index in [1.165, 1.54) is 60.7 Å². The highest BCUT2D eigenvalue weighted by Crippen LogP contribution is 2.34. The molecule has 0 saturated heterocycles. The number of hydrogen-bond acceptors (Lipinski definition) is 4. The van der Waals surface area contributed by atoms with Gasteiger partial charge in [-0.05, 0) is 53.1 Å². The highest BCUT2D eigenvalue weighted by Gasteiger charge is 2.41. The summed E-state index contributed by atoms with van der Waals surface area (Å²) in [6, 6.07) is 15.0. The van der Waals surface area contributed by atoms with Crippen molar-refractivity contribution in [1.82, 2.24) is 15.1 Å². The van der Waals surface area contributed by atoms with Gasteiger partial charge in [0.1, 0.15) is 5.75 Å². The number of rotatable bonds is 8. The van der Waals surface area contributed by atoms with Gasteiger partial charge in [0.2, 0.25) is 0 Å². The molecule has 41 heavy (non-hydrogen) atoms. The number of carbonyl (C=O) groups excluding carboxylic acids is 1. The van der Waals surface area contributed by atoms with Gasteiger partial charge in [-0.15, -0.1) is 13.2 Å². The van der Waals surface area contributed by atoms with E-state index in [1.54, 1.807) is 0 Å². The Morgan fingerprint density at radius 3 is 1.98 bits per heavy atom. The van der Waals surface area contributed by atoms with Gasteiger partial charge in [0.15, 0.2) is 5.69 Å². The number of nitrogens with zero attached hydrogens (tertiary/aromatic N) is 2. The minimum absolute atomic E-state index is 0.00329. The summed E-state index contributed by atoms with van der Waals surface area (Å²) in [6.07, 6.45) is -9.75. The lowest BCUT2D eigenvalue weighted by Crippen LogP contribution is -2.31. The number of nitrogens with one attached hydrogen (secondary N) is 1. The Balaban J connectivity index is 1.59. The third-order valence-electron chi connectivity index (χ3n) is 5.77. The summed E-state index contributed by atoms with van der Waals surface area (Å²) in [5, 5.41) is 15.7. The Bertz CT molecular complexity index is 1530. The average molecular weight is 598 g/mol. The largest absolute Gasteiger partial charge is 0.573 e. The van der Waals surface area contributed by atoms with Crippen molar-refractivity contribution in [1.29, 1.82) is 0 Å². The number of aromatic nitrogens is 2. The van der Waals surface area contributed by atoms with Crippen LogP contribution in [0.2, 0.25) is 5.02 Å². The molecule has 2 N–H and O–H groups in total. The summed E-state index contributed by atoms with van der Waals surface area (Å²) in [4.78, 5) is 24.5. The molecule has 0 radical (unpaired) electrons. The molecule has 4 aromatic rings. The predicted octanol–water partition coefficient (Wildman–Crippen LogP) is 7.06. The summed E-state index contributed by atoms with van der Waals surface area (Å²) in [5.41, 5.74) is -0.873. The van der Waals surface area contributed by atoms with E-state index >= 15 is 0 Å². The molecule has 0 saturated carbocycles. The van der Waals surface area contributed by atoms with Crippen LogP contribution in [0.15, 0.2) is 79.0 Å². The molecule has 1 amide bonds. The Hall–Kier alpha value is -4.52. The van der Waals surface area contributed by atoms with Gasteiger partial charge in [-0.1, -0.05) is 48.0 Å². The quantitative estimate of drug-likeness (QED) is 0.212. The summed E-state index contributed by atoms with van der Waals surface area (Å²) in [6.45, 7) is 0. The Labute approximate surface area is 232 Å². The molecule has 0 aliphatic carbocycles. The van der Waals surface area contributed by atoms with E-state index in [0.29, 0.717) is 15.8 Å². The molecule has 1 unspecified atom stereocenters. The molecule has 0 fully saturated rings. The number of alkyl halides is 6. The summed E-state index contributed by atoms with van der Waals surface area (Å²) >= 11 is 5.81. The molecule has 0 aliphatic rings. The highest BCUT2D eigenvalue weighted by atomic mass is 35.5. The molecule has 7 nitrogen and oxygen atoms in total. The zero-order chi connectivity index (χ0) is 29.9. The van der Waals surface area contributed by atoms with Gasteiger partial charge in [0.05, 0.1) is 29.9 Å². The van der Waals surface area contributed by atoms with Crippen molar-refractivity contribution in [2.24, 2.45) is 0 Å². The number of halogens is 7. The fourth-order valence-corrected chi connectivity index (χ4v) is 4.11. The van der Waals surface area contributed by atoms with Crippen molar-refractivity contribution >= 4 is 23.5 Å². The number of hydrogen-bond donors (Lipinski definition) is 2. The van der Waals surface area contributed by atoms with Crippen LogP contribution in [0.25, 0.3) is 16.8 Å². The van der Waals surface area contributed by atoms with Gasteiger partial charge < -0.3 is 15.2 Å². The van der Waals surface area contributed by atoms with E-state index in [9.17, 15) is 41.0 Å². The Morgan fingerprint density at radius 2 is 1.46 bits per heavy atom. The van der Waals surface area contributed by atoms with Crippen LogP contribution >= 0.6 is 11.6 Å². The normalized spacial score (nSPS) is 12.6. The van der Waals surface area contributed by atoms with Gasteiger partial charge in [-0.2, -0.15) is 18.3 Å². The number of carboxylic acids is 1. The number of benzene rings is 3. The van der Waals surface area contributed by atoms with Gasteiger partial charge in [-0.3, -0.25) is 9.59 Å². The number of amides is 1. The van der Waals surface area contributed by atoms with Crippen LogP contribution in [0.4, 0.5) is 26.3 Å².